The molecule has 1 unspecified atom stereocenters. The molecule has 7 nitrogen and oxygen atoms in total. The number of thiocarbonyl (C=S) groups is 1. The number of methoxy groups -OCH3 is 2. The van der Waals surface area contributed by atoms with Crippen LogP contribution in [0.1, 0.15) is 36.2 Å². The highest BCUT2D eigenvalue weighted by Gasteiger charge is 2.33. The minimum absolute atomic E-state index is 0.0558. The zero-order valence-electron chi connectivity index (χ0n) is 18.2. The molecule has 1 aliphatic rings. The predicted molar refractivity (Wildman–Crippen MR) is 129 cm³/mol. The van der Waals surface area contributed by atoms with Gasteiger partial charge in [0.1, 0.15) is 5.75 Å². The van der Waals surface area contributed by atoms with Crippen molar-refractivity contribution in [1.82, 2.24) is 10.4 Å². The van der Waals surface area contributed by atoms with Crippen LogP contribution in [0, 0.1) is 0 Å². The topological polar surface area (TPSA) is 77.1 Å². The van der Waals surface area contributed by atoms with Crippen molar-refractivity contribution in [1.29, 1.82) is 0 Å². The molecule has 168 valence electrons. The van der Waals surface area contributed by atoms with Gasteiger partial charge in [0.25, 0.3) is 11.8 Å². The molecule has 2 aromatic carbocycles. The summed E-state index contributed by atoms with van der Waals surface area (Å²) in [5, 5.41) is 1.08. The van der Waals surface area contributed by atoms with Crippen LogP contribution in [-0.2, 0) is 4.79 Å². The first-order valence-corrected chi connectivity index (χ1v) is 11.2. The number of nitrogens with zero attached hydrogens (tertiary/aromatic N) is 1. The summed E-state index contributed by atoms with van der Waals surface area (Å²) < 4.78 is 16.6. The largest absolute Gasteiger partial charge is 0.497 e. The number of hydrazine groups is 1. The Bertz CT molecular complexity index is 1050. The lowest BCUT2D eigenvalue weighted by atomic mass is 10.1. The lowest BCUT2D eigenvalue weighted by Crippen LogP contribution is -2.44. The maximum Gasteiger partial charge on any atom is 0.285 e. The molecular formula is C23H24N2O5S2. The molecule has 0 aliphatic carbocycles. The van der Waals surface area contributed by atoms with Gasteiger partial charge in [0.15, 0.2) is 15.8 Å². The molecule has 0 radical (unpaired) electrons. The molecule has 0 aromatic heterocycles. The van der Waals surface area contributed by atoms with Crippen LogP contribution in [0.2, 0.25) is 0 Å². The Morgan fingerprint density at radius 3 is 2.50 bits per heavy atom. The zero-order valence-corrected chi connectivity index (χ0v) is 19.8. The van der Waals surface area contributed by atoms with Crippen molar-refractivity contribution < 1.29 is 23.8 Å². The van der Waals surface area contributed by atoms with Gasteiger partial charge >= 0.3 is 0 Å². The van der Waals surface area contributed by atoms with Crippen molar-refractivity contribution in [3.05, 3.63) is 58.5 Å². The normalized spacial score (nSPS) is 15.6. The van der Waals surface area contributed by atoms with Gasteiger partial charge in [-0.3, -0.25) is 15.0 Å². The van der Waals surface area contributed by atoms with E-state index in [1.807, 2.05) is 26.0 Å². The second-order valence-electron chi connectivity index (χ2n) is 6.93. The van der Waals surface area contributed by atoms with E-state index in [9.17, 15) is 9.59 Å². The number of amides is 2. The fourth-order valence-corrected chi connectivity index (χ4v) is 3.97. The SMILES string of the molecule is CCC(C)Oc1ccc(C=C2SC(=S)N(NC(=O)c3ccc(OC)cc3)C2=O)cc1OC. The number of carbonyl (C=O) groups is 2. The van der Waals surface area contributed by atoms with Gasteiger partial charge in [-0.1, -0.05) is 24.8 Å². The van der Waals surface area contributed by atoms with E-state index in [2.05, 4.69) is 5.43 Å². The molecular weight excluding hydrogens is 448 g/mol. The van der Waals surface area contributed by atoms with E-state index in [4.69, 9.17) is 26.4 Å². The Balaban J connectivity index is 1.75. The maximum atomic E-state index is 12.9. The van der Waals surface area contributed by atoms with Crippen LogP contribution in [0.4, 0.5) is 0 Å². The van der Waals surface area contributed by atoms with Crippen molar-refractivity contribution in [2.45, 2.75) is 26.4 Å². The first kappa shape index (κ1) is 23.6. The Hall–Kier alpha value is -3.04. The van der Waals surface area contributed by atoms with Gasteiger partial charge in [-0.25, -0.2) is 0 Å². The molecule has 2 amide bonds. The Morgan fingerprint density at radius 2 is 1.88 bits per heavy atom. The molecule has 32 heavy (non-hydrogen) atoms. The highest BCUT2D eigenvalue weighted by Crippen LogP contribution is 2.34. The summed E-state index contributed by atoms with van der Waals surface area (Å²) in [6.45, 7) is 4.03. The van der Waals surface area contributed by atoms with E-state index >= 15 is 0 Å². The maximum absolute atomic E-state index is 12.9. The summed E-state index contributed by atoms with van der Waals surface area (Å²) in [7, 11) is 3.11. The number of hydrogen-bond acceptors (Lipinski definition) is 7. The van der Waals surface area contributed by atoms with E-state index in [-0.39, 0.29) is 10.4 Å². The highest BCUT2D eigenvalue weighted by atomic mass is 32.2. The van der Waals surface area contributed by atoms with Gasteiger partial charge in [0.05, 0.1) is 25.2 Å². The Kier molecular flexibility index (Phi) is 7.76. The monoisotopic (exact) mass is 472 g/mol. The predicted octanol–water partition coefficient (Wildman–Crippen LogP) is 4.43. The van der Waals surface area contributed by atoms with Crippen molar-refractivity contribution >= 4 is 46.2 Å². The third-order valence-corrected chi connectivity index (χ3v) is 6.05. The third kappa shape index (κ3) is 5.41. The fourth-order valence-electron chi connectivity index (χ4n) is 2.80. The number of carbonyl (C=O) groups excluding carboxylic acids is 2. The number of nitrogens with one attached hydrogen (secondary N) is 1. The van der Waals surface area contributed by atoms with Crippen LogP contribution in [0.3, 0.4) is 0 Å². The van der Waals surface area contributed by atoms with Gasteiger partial charge in [-0.2, -0.15) is 5.01 Å². The summed E-state index contributed by atoms with van der Waals surface area (Å²) in [4.78, 5) is 25.8. The average Bonchev–Trinajstić information content (AvgIpc) is 3.07. The first-order chi connectivity index (χ1) is 15.4. The third-order valence-electron chi connectivity index (χ3n) is 4.75. The summed E-state index contributed by atoms with van der Waals surface area (Å²) in [6, 6.07) is 12.0. The lowest BCUT2D eigenvalue weighted by Gasteiger charge is -2.16. The summed E-state index contributed by atoms with van der Waals surface area (Å²) >= 11 is 6.41. The smallest absolute Gasteiger partial charge is 0.285 e. The van der Waals surface area contributed by atoms with E-state index in [0.29, 0.717) is 27.7 Å². The Morgan fingerprint density at radius 1 is 1.16 bits per heavy atom. The average molecular weight is 473 g/mol. The standard InChI is InChI=1S/C23H24N2O5S2/c1-5-14(2)30-18-11-6-15(12-19(18)29-4)13-20-22(27)25(23(31)32-20)24-21(26)16-7-9-17(28-3)10-8-16/h6-14H,5H2,1-4H3,(H,24,26). The second-order valence-corrected chi connectivity index (χ2v) is 8.61. The van der Waals surface area contributed by atoms with Gasteiger partial charge in [0, 0.05) is 5.56 Å². The van der Waals surface area contributed by atoms with Gasteiger partial charge in [-0.05, 0) is 73.6 Å². The first-order valence-electron chi connectivity index (χ1n) is 9.94. The van der Waals surface area contributed by atoms with Crippen LogP contribution in [0.15, 0.2) is 47.4 Å². The van der Waals surface area contributed by atoms with Gasteiger partial charge < -0.3 is 14.2 Å². The van der Waals surface area contributed by atoms with E-state index in [0.717, 1.165) is 28.8 Å². The lowest BCUT2D eigenvalue weighted by molar-refractivity contribution is -0.123. The summed E-state index contributed by atoms with van der Waals surface area (Å²) in [5.41, 5.74) is 3.69. The molecule has 9 heteroatoms. The highest BCUT2D eigenvalue weighted by molar-refractivity contribution is 8.26. The van der Waals surface area contributed by atoms with Crippen LogP contribution >= 0.6 is 24.0 Å². The van der Waals surface area contributed by atoms with Crippen LogP contribution < -0.4 is 19.6 Å². The molecule has 1 atom stereocenters. The number of thioether (sulfide) groups is 1. The van der Waals surface area contributed by atoms with Gasteiger partial charge in [0.2, 0.25) is 0 Å². The molecule has 1 aliphatic heterocycles. The number of ether oxygens (including phenoxy) is 3. The zero-order chi connectivity index (χ0) is 23.3. The fraction of sp³-hybridized carbons (Fsp3) is 0.261. The Labute approximate surface area is 196 Å². The van der Waals surface area contributed by atoms with Crippen molar-refractivity contribution in [3.63, 3.8) is 0 Å². The molecule has 1 fully saturated rings. The molecule has 1 saturated heterocycles. The molecule has 3 rings (SSSR count). The molecule has 0 spiro atoms. The minimum Gasteiger partial charge on any atom is -0.497 e. The van der Waals surface area contributed by atoms with Crippen LogP contribution in [0.25, 0.3) is 6.08 Å². The molecule has 1 heterocycles. The van der Waals surface area contributed by atoms with Crippen molar-refractivity contribution in [3.8, 4) is 17.2 Å². The number of hydrogen-bond donors (Lipinski definition) is 1. The minimum atomic E-state index is -0.446. The molecule has 0 bridgehead atoms. The number of benzene rings is 2. The quantitative estimate of drug-likeness (QED) is 0.450. The van der Waals surface area contributed by atoms with Gasteiger partial charge in [-0.15, -0.1) is 0 Å². The summed E-state index contributed by atoms with van der Waals surface area (Å²) in [5.74, 6) is 0.992. The molecule has 0 saturated carbocycles. The van der Waals surface area contributed by atoms with Crippen LogP contribution in [0.5, 0.6) is 17.2 Å². The molecule has 1 N–H and O–H groups in total. The second kappa shape index (κ2) is 10.5. The van der Waals surface area contributed by atoms with E-state index in [1.165, 1.54) is 0 Å². The van der Waals surface area contributed by atoms with E-state index in [1.54, 1.807) is 50.6 Å². The van der Waals surface area contributed by atoms with Crippen LogP contribution in [-0.4, -0.2) is 41.5 Å². The van der Waals surface area contributed by atoms with Crippen molar-refractivity contribution in [2.75, 3.05) is 14.2 Å². The number of rotatable bonds is 8. The van der Waals surface area contributed by atoms with Crippen molar-refractivity contribution in [2.24, 2.45) is 0 Å². The summed E-state index contributed by atoms with van der Waals surface area (Å²) in [6.07, 6.45) is 2.63. The van der Waals surface area contributed by atoms with E-state index < -0.39 is 11.8 Å². The molecule has 2 aromatic rings.